The molecule has 1 aliphatic rings. The van der Waals surface area contributed by atoms with E-state index in [9.17, 15) is 14.7 Å². The Bertz CT molecular complexity index is 600. The molecular weight excluding hydrogens is 332 g/mol. The zero-order chi connectivity index (χ0) is 19.1. The summed E-state index contributed by atoms with van der Waals surface area (Å²) in [5, 5.41) is 12.1. The van der Waals surface area contributed by atoms with E-state index in [1.54, 1.807) is 4.90 Å². The van der Waals surface area contributed by atoms with Gasteiger partial charge in [0.15, 0.2) is 0 Å². The molecule has 2 rings (SSSR count). The number of benzene rings is 1. The minimum Gasteiger partial charge on any atom is -0.493 e. The van der Waals surface area contributed by atoms with Crippen molar-refractivity contribution in [1.29, 1.82) is 0 Å². The number of hydrogen-bond acceptors (Lipinski definition) is 3. The van der Waals surface area contributed by atoms with Crippen LogP contribution in [0.25, 0.3) is 0 Å². The molecule has 1 fully saturated rings. The largest absolute Gasteiger partial charge is 0.493 e. The van der Waals surface area contributed by atoms with Crippen molar-refractivity contribution in [3.8, 4) is 5.75 Å². The Morgan fingerprint density at radius 1 is 1.27 bits per heavy atom. The summed E-state index contributed by atoms with van der Waals surface area (Å²) in [5.41, 5.74) is 1.12. The number of likely N-dealkylation sites (tertiary alicyclic amines) is 1. The second-order valence-electron chi connectivity index (χ2n) is 7.61. The normalized spacial score (nSPS) is 20.1. The first-order chi connectivity index (χ1) is 12.3. The SMILES string of the molecule is CC(C)COc1ccc(CCNC(=O)N2CC(C)CC(C(=O)O)C2)cc1. The van der Waals surface area contributed by atoms with Crippen LogP contribution in [0.3, 0.4) is 0 Å². The molecule has 2 atom stereocenters. The van der Waals surface area contributed by atoms with E-state index in [4.69, 9.17) is 4.74 Å². The van der Waals surface area contributed by atoms with Crippen LogP contribution in [0.1, 0.15) is 32.8 Å². The smallest absolute Gasteiger partial charge is 0.317 e. The third-order valence-corrected chi connectivity index (χ3v) is 4.49. The van der Waals surface area contributed by atoms with Crippen molar-refractivity contribution >= 4 is 12.0 Å². The van der Waals surface area contributed by atoms with E-state index in [0.717, 1.165) is 17.7 Å². The van der Waals surface area contributed by atoms with Gasteiger partial charge < -0.3 is 20.1 Å². The van der Waals surface area contributed by atoms with Gasteiger partial charge in [-0.15, -0.1) is 0 Å². The Morgan fingerprint density at radius 2 is 1.96 bits per heavy atom. The second-order valence-corrected chi connectivity index (χ2v) is 7.61. The van der Waals surface area contributed by atoms with Gasteiger partial charge in [-0.2, -0.15) is 0 Å². The predicted octanol–water partition coefficient (Wildman–Crippen LogP) is 3.02. The van der Waals surface area contributed by atoms with E-state index in [1.807, 2.05) is 31.2 Å². The summed E-state index contributed by atoms with van der Waals surface area (Å²) in [7, 11) is 0. The minimum absolute atomic E-state index is 0.181. The Kier molecular flexibility index (Phi) is 7.30. The van der Waals surface area contributed by atoms with Crippen LogP contribution in [0.5, 0.6) is 5.75 Å². The van der Waals surface area contributed by atoms with Crippen LogP contribution >= 0.6 is 0 Å². The molecule has 26 heavy (non-hydrogen) atoms. The van der Waals surface area contributed by atoms with Gasteiger partial charge in [0, 0.05) is 19.6 Å². The van der Waals surface area contributed by atoms with Gasteiger partial charge in [0.05, 0.1) is 12.5 Å². The molecule has 6 nitrogen and oxygen atoms in total. The fraction of sp³-hybridized carbons (Fsp3) is 0.600. The van der Waals surface area contributed by atoms with Gasteiger partial charge in [0.25, 0.3) is 0 Å². The van der Waals surface area contributed by atoms with E-state index >= 15 is 0 Å². The molecule has 0 aromatic heterocycles. The zero-order valence-corrected chi connectivity index (χ0v) is 15.9. The van der Waals surface area contributed by atoms with Gasteiger partial charge in [-0.3, -0.25) is 4.79 Å². The molecule has 0 radical (unpaired) electrons. The number of carbonyl (C=O) groups excluding carboxylic acids is 1. The summed E-state index contributed by atoms with van der Waals surface area (Å²) in [6.07, 6.45) is 1.35. The fourth-order valence-electron chi connectivity index (χ4n) is 3.14. The molecule has 2 N–H and O–H groups in total. The van der Waals surface area contributed by atoms with E-state index in [-0.39, 0.29) is 18.5 Å². The number of hydrogen-bond donors (Lipinski definition) is 2. The number of carbonyl (C=O) groups is 2. The molecule has 2 amide bonds. The molecule has 1 aromatic carbocycles. The number of aliphatic carboxylic acids is 1. The maximum absolute atomic E-state index is 12.3. The summed E-state index contributed by atoms with van der Waals surface area (Å²) in [6, 6.07) is 7.73. The minimum atomic E-state index is -0.825. The van der Waals surface area contributed by atoms with Crippen LogP contribution in [-0.4, -0.2) is 48.2 Å². The van der Waals surface area contributed by atoms with Crippen molar-refractivity contribution < 1.29 is 19.4 Å². The van der Waals surface area contributed by atoms with E-state index in [2.05, 4.69) is 19.2 Å². The number of rotatable bonds is 7. The first kappa shape index (κ1) is 20.1. The van der Waals surface area contributed by atoms with E-state index < -0.39 is 11.9 Å². The Labute approximate surface area is 155 Å². The van der Waals surface area contributed by atoms with Crippen molar-refractivity contribution in [3.05, 3.63) is 29.8 Å². The lowest BCUT2D eigenvalue weighted by Gasteiger charge is -2.34. The molecule has 0 saturated carbocycles. The summed E-state index contributed by atoms with van der Waals surface area (Å²) < 4.78 is 5.66. The Morgan fingerprint density at radius 3 is 2.58 bits per heavy atom. The van der Waals surface area contributed by atoms with E-state index in [0.29, 0.717) is 32.0 Å². The molecule has 6 heteroatoms. The molecular formula is C20H30N2O4. The van der Waals surface area contributed by atoms with Gasteiger partial charge in [0.2, 0.25) is 0 Å². The maximum Gasteiger partial charge on any atom is 0.317 e. The number of nitrogens with zero attached hydrogens (tertiary/aromatic N) is 1. The summed E-state index contributed by atoms with van der Waals surface area (Å²) in [5.74, 6) is 0.252. The summed E-state index contributed by atoms with van der Waals surface area (Å²) in [6.45, 7) is 8.31. The number of nitrogens with one attached hydrogen (secondary N) is 1. The molecule has 0 aliphatic carbocycles. The standard InChI is InChI=1S/C20H30N2O4/c1-14(2)13-26-18-6-4-16(5-7-18)8-9-21-20(25)22-11-15(3)10-17(12-22)19(23)24/h4-7,14-15,17H,8-13H2,1-3H3,(H,21,25)(H,23,24). The Balaban J connectivity index is 1.76. The average molecular weight is 362 g/mol. The van der Waals surface area contributed by atoms with Crippen molar-refractivity contribution in [2.45, 2.75) is 33.6 Å². The number of piperidine rings is 1. The lowest BCUT2D eigenvalue weighted by molar-refractivity contribution is -0.143. The van der Waals surface area contributed by atoms with Crippen LogP contribution in [0, 0.1) is 17.8 Å². The fourth-order valence-corrected chi connectivity index (χ4v) is 3.14. The third-order valence-electron chi connectivity index (χ3n) is 4.49. The third kappa shape index (κ3) is 6.24. The van der Waals surface area contributed by atoms with E-state index in [1.165, 1.54) is 0 Å². The van der Waals surface area contributed by atoms with Gasteiger partial charge in [0.1, 0.15) is 5.75 Å². The summed E-state index contributed by atoms with van der Waals surface area (Å²) in [4.78, 5) is 25.1. The van der Waals surface area contributed by atoms with Crippen molar-refractivity contribution in [2.75, 3.05) is 26.2 Å². The zero-order valence-electron chi connectivity index (χ0n) is 15.9. The number of carboxylic acid groups (broad SMARTS) is 1. The highest BCUT2D eigenvalue weighted by molar-refractivity contribution is 5.76. The molecule has 1 saturated heterocycles. The van der Waals surface area contributed by atoms with Crippen LogP contribution < -0.4 is 10.1 Å². The molecule has 2 unspecified atom stereocenters. The number of ether oxygens (including phenoxy) is 1. The van der Waals surface area contributed by atoms with Gasteiger partial charge >= 0.3 is 12.0 Å². The molecule has 1 heterocycles. The van der Waals surface area contributed by atoms with Crippen molar-refractivity contribution in [1.82, 2.24) is 10.2 Å². The number of urea groups is 1. The van der Waals surface area contributed by atoms with Crippen LogP contribution in [0.15, 0.2) is 24.3 Å². The van der Waals surface area contributed by atoms with Gasteiger partial charge in [-0.05, 0) is 42.4 Å². The van der Waals surface area contributed by atoms with Gasteiger partial charge in [-0.1, -0.05) is 32.9 Å². The molecule has 0 bridgehead atoms. The number of carboxylic acids is 1. The average Bonchev–Trinajstić information content (AvgIpc) is 2.60. The highest BCUT2D eigenvalue weighted by Gasteiger charge is 2.31. The molecule has 0 spiro atoms. The quantitative estimate of drug-likeness (QED) is 0.781. The van der Waals surface area contributed by atoms with Crippen LogP contribution in [-0.2, 0) is 11.2 Å². The predicted molar refractivity (Wildman–Crippen MR) is 100 cm³/mol. The maximum atomic E-state index is 12.3. The lowest BCUT2D eigenvalue weighted by atomic mass is 9.91. The molecule has 1 aromatic rings. The van der Waals surface area contributed by atoms with Crippen LogP contribution in [0.2, 0.25) is 0 Å². The molecule has 144 valence electrons. The molecule has 1 aliphatic heterocycles. The highest BCUT2D eigenvalue weighted by Crippen LogP contribution is 2.21. The van der Waals surface area contributed by atoms with Crippen molar-refractivity contribution in [3.63, 3.8) is 0 Å². The Hall–Kier alpha value is -2.24. The first-order valence-corrected chi connectivity index (χ1v) is 9.32. The summed E-state index contributed by atoms with van der Waals surface area (Å²) >= 11 is 0. The topological polar surface area (TPSA) is 78.9 Å². The van der Waals surface area contributed by atoms with Gasteiger partial charge in [-0.25, -0.2) is 4.79 Å². The van der Waals surface area contributed by atoms with Crippen LogP contribution in [0.4, 0.5) is 4.79 Å². The number of amides is 2. The van der Waals surface area contributed by atoms with Crippen molar-refractivity contribution in [2.24, 2.45) is 17.8 Å². The highest BCUT2D eigenvalue weighted by atomic mass is 16.5. The second kappa shape index (κ2) is 9.46. The monoisotopic (exact) mass is 362 g/mol. The lowest BCUT2D eigenvalue weighted by Crippen LogP contribution is -2.49. The first-order valence-electron chi connectivity index (χ1n) is 9.32.